The lowest BCUT2D eigenvalue weighted by Crippen LogP contribution is -2.33. The van der Waals surface area contributed by atoms with E-state index in [9.17, 15) is 31.2 Å². The molecule has 0 unspecified atom stereocenters. The monoisotopic (exact) mass is 485 g/mol. The van der Waals surface area contributed by atoms with Crippen LogP contribution >= 0.6 is 23.2 Å². The van der Waals surface area contributed by atoms with Crippen LogP contribution in [0.15, 0.2) is 23.1 Å². The number of halogens is 5. The van der Waals surface area contributed by atoms with E-state index in [1.165, 1.54) is 6.07 Å². The Morgan fingerprint density at radius 1 is 1.13 bits per heavy atom. The second kappa shape index (κ2) is 9.60. The first kappa shape index (κ1) is 23.9. The van der Waals surface area contributed by atoms with Gasteiger partial charge in [-0.1, -0.05) is 23.2 Å². The molecule has 0 radical (unpaired) electrons. The van der Waals surface area contributed by atoms with Crippen LogP contribution in [0.25, 0.3) is 0 Å². The molecule has 0 aliphatic carbocycles. The van der Waals surface area contributed by atoms with Crippen molar-refractivity contribution in [3.05, 3.63) is 51.4 Å². The molecule has 0 aliphatic rings. The highest BCUT2D eigenvalue weighted by Gasteiger charge is 2.25. The summed E-state index contributed by atoms with van der Waals surface area (Å²) in [4.78, 5) is 26.2. The van der Waals surface area contributed by atoms with E-state index in [1.807, 2.05) is 0 Å². The predicted molar refractivity (Wildman–Crippen MR) is 100 cm³/mol. The Hall–Kier alpha value is -2.41. The molecule has 0 fully saturated rings. The van der Waals surface area contributed by atoms with E-state index in [2.05, 4.69) is 15.0 Å². The summed E-state index contributed by atoms with van der Waals surface area (Å²) in [5.74, 6) is -7.59. The van der Waals surface area contributed by atoms with Gasteiger partial charge < -0.3 is 10.1 Å². The summed E-state index contributed by atoms with van der Waals surface area (Å²) in [6, 6.07) is 2.24. The van der Waals surface area contributed by atoms with Crippen molar-refractivity contribution in [1.82, 2.24) is 9.71 Å². The van der Waals surface area contributed by atoms with E-state index in [1.54, 1.807) is 11.6 Å². The molecule has 0 saturated heterocycles. The van der Waals surface area contributed by atoms with Crippen LogP contribution in [-0.4, -0.2) is 38.4 Å². The Morgan fingerprint density at radius 2 is 1.80 bits per heavy atom. The molecule has 30 heavy (non-hydrogen) atoms. The molecule has 0 saturated carbocycles. The summed E-state index contributed by atoms with van der Waals surface area (Å²) in [5.41, 5.74) is 0.382. The van der Waals surface area contributed by atoms with E-state index < -0.39 is 57.4 Å². The number of sulfonamides is 1. The molecule has 1 amide bonds. The summed E-state index contributed by atoms with van der Waals surface area (Å²) in [6.45, 7) is -0.261. The van der Waals surface area contributed by atoms with E-state index in [-0.39, 0.29) is 15.9 Å². The summed E-state index contributed by atoms with van der Waals surface area (Å²) in [6.07, 6.45) is 0. The minimum Gasteiger partial charge on any atom is -0.455 e. The van der Waals surface area contributed by atoms with Crippen LogP contribution in [0.3, 0.4) is 0 Å². The Labute approximate surface area is 178 Å². The number of hydrogen-bond acceptors (Lipinski definition) is 6. The highest BCUT2D eigenvalue weighted by atomic mass is 35.5. The molecule has 2 N–H and O–H groups in total. The molecule has 14 heteroatoms. The van der Waals surface area contributed by atoms with Crippen molar-refractivity contribution in [2.45, 2.75) is 11.8 Å². The van der Waals surface area contributed by atoms with Gasteiger partial charge in [0.2, 0.25) is 10.0 Å². The van der Waals surface area contributed by atoms with E-state index in [0.29, 0.717) is 17.8 Å². The largest absolute Gasteiger partial charge is 0.455 e. The number of carbonyl (C=O) groups excluding carboxylic acids is 2. The number of rotatable bonds is 7. The first-order chi connectivity index (χ1) is 13.9. The van der Waals surface area contributed by atoms with Gasteiger partial charge in [0.1, 0.15) is 11.4 Å². The molecule has 1 aromatic carbocycles. The number of esters is 1. The van der Waals surface area contributed by atoms with Crippen molar-refractivity contribution in [1.29, 1.82) is 0 Å². The van der Waals surface area contributed by atoms with Crippen molar-refractivity contribution in [2.24, 2.45) is 0 Å². The molecule has 0 aliphatic heterocycles. The Morgan fingerprint density at radius 3 is 2.47 bits per heavy atom. The number of nitrogens with zero attached hydrogens (tertiary/aromatic N) is 1. The fourth-order valence-corrected chi connectivity index (χ4v) is 3.40. The summed E-state index contributed by atoms with van der Waals surface area (Å²) < 4.78 is 69.8. The van der Waals surface area contributed by atoms with Gasteiger partial charge in [-0.3, -0.25) is 9.59 Å². The predicted octanol–water partition coefficient (Wildman–Crippen LogP) is 2.57. The Bertz CT molecular complexity index is 1120. The second-order valence-electron chi connectivity index (χ2n) is 5.59. The SMILES string of the molecule is Cc1nc(NC(=O)COC(=O)CNS(=O)(=O)c2ccc(F)c(F)c2F)c(Cl)cc1Cl. The number of ether oxygens (including phenoxy) is 1. The second-order valence-corrected chi connectivity index (χ2v) is 8.14. The highest BCUT2D eigenvalue weighted by Crippen LogP contribution is 2.25. The number of benzene rings is 1. The van der Waals surface area contributed by atoms with Crippen LogP contribution in [0.2, 0.25) is 10.0 Å². The van der Waals surface area contributed by atoms with E-state index in [0.717, 1.165) is 0 Å². The third-order valence-electron chi connectivity index (χ3n) is 3.42. The molecule has 2 aromatic rings. The molecule has 2 rings (SSSR count). The minimum absolute atomic E-state index is 0.0332. The molecule has 162 valence electrons. The van der Waals surface area contributed by atoms with Crippen molar-refractivity contribution >= 4 is 50.9 Å². The molecule has 8 nitrogen and oxygen atoms in total. The number of pyridine rings is 1. The zero-order valence-corrected chi connectivity index (χ0v) is 17.3. The number of nitrogens with one attached hydrogen (secondary N) is 2. The lowest BCUT2D eigenvalue weighted by Gasteiger charge is -2.10. The maximum absolute atomic E-state index is 13.6. The van der Waals surface area contributed by atoms with Crippen LogP contribution in [0.1, 0.15) is 5.69 Å². The number of anilines is 1. The van der Waals surface area contributed by atoms with E-state index in [4.69, 9.17) is 23.2 Å². The van der Waals surface area contributed by atoms with Gasteiger partial charge in [0.25, 0.3) is 5.91 Å². The molecular weight excluding hydrogens is 474 g/mol. The third-order valence-corrected chi connectivity index (χ3v) is 5.51. The van der Waals surface area contributed by atoms with Gasteiger partial charge in [-0.2, -0.15) is 4.72 Å². The first-order valence-corrected chi connectivity index (χ1v) is 10.1. The number of aryl methyl sites for hydroxylation is 1. The van der Waals surface area contributed by atoms with Crippen molar-refractivity contribution in [3.63, 3.8) is 0 Å². The van der Waals surface area contributed by atoms with Gasteiger partial charge in [-0.15, -0.1) is 0 Å². The van der Waals surface area contributed by atoms with Gasteiger partial charge >= 0.3 is 5.97 Å². The highest BCUT2D eigenvalue weighted by molar-refractivity contribution is 7.89. The topological polar surface area (TPSA) is 114 Å². The van der Waals surface area contributed by atoms with Crippen LogP contribution in [0, 0.1) is 24.4 Å². The third kappa shape index (κ3) is 5.81. The molecule has 0 atom stereocenters. The maximum atomic E-state index is 13.6. The van der Waals surface area contributed by atoms with Crippen LogP contribution < -0.4 is 10.0 Å². The van der Waals surface area contributed by atoms with Crippen molar-refractivity contribution in [3.8, 4) is 0 Å². The first-order valence-electron chi connectivity index (χ1n) is 7.83. The smallest absolute Gasteiger partial charge is 0.321 e. The average molecular weight is 486 g/mol. The van der Waals surface area contributed by atoms with Gasteiger partial charge in [-0.05, 0) is 25.1 Å². The van der Waals surface area contributed by atoms with Crippen LogP contribution in [0.5, 0.6) is 0 Å². The number of carbonyl (C=O) groups is 2. The number of aromatic nitrogens is 1. The van der Waals surface area contributed by atoms with Gasteiger partial charge in [0.15, 0.2) is 29.9 Å². The molecule has 0 bridgehead atoms. The fraction of sp³-hybridized carbons (Fsp3) is 0.188. The van der Waals surface area contributed by atoms with E-state index >= 15 is 0 Å². The van der Waals surface area contributed by atoms with Crippen molar-refractivity contribution in [2.75, 3.05) is 18.5 Å². The van der Waals surface area contributed by atoms with Crippen molar-refractivity contribution < 1.29 is 35.9 Å². The lowest BCUT2D eigenvalue weighted by atomic mass is 10.3. The summed E-state index contributed by atoms with van der Waals surface area (Å²) in [7, 11) is -4.70. The molecule has 1 aromatic heterocycles. The average Bonchev–Trinajstić information content (AvgIpc) is 2.67. The van der Waals surface area contributed by atoms with Gasteiger partial charge in [-0.25, -0.2) is 26.6 Å². The zero-order chi connectivity index (χ0) is 22.6. The molecular formula is C16H12Cl2F3N3O5S. The maximum Gasteiger partial charge on any atom is 0.321 e. The van der Waals surface area contributed by atoms with Gasteiger partial charge in [0.05, 0.1) is 15.7 Å². The molecule has 0 spiro atoms. The normalized spacial score (nSPS) is 11.3. The number of amides is 1. The number of hydrogen-bond donors (Lipinski definition) is 2. The lowest BCUT2D eigenvalue weighted by molar-refractivity contribution is -0.146. The molecule has 1 heterocycles. The van der Waals surface area contributed by atoms with Crippen LogP contribution in [0.4, 0.5) is 19.0 Å². The van der Waals surface area contributed by atoms with Gasteiger partial charge in [0, 0.05) is 0 Å². The van der Waals surface area contributed by atoms with Crippen LogP contribution in [-0.2, 0) is 24.3 Å². The minimum atomic E-state index is -4.70. The fourth-order valence-electron chi connectivity index (χ4n) is 1.96. The Balaban J connectivity index is 1.91. The quantitative estimate of drug-likeness (QED) is 0.460. The standard InChI is InChI=1S/C16H12Cl2F3N3O5S/c1-7-8(17)4-9(18)16(23-7)24-12(25)6-29-13(26)5-22-30(27,28)11-3-2-10(19)14(20)15(11)21/h2-4,22H,5-6H2,1H3,(H,23,24,25). The zero-order valence-electron chi connectivity index (χ0n) is 14.9. The summed E-state index contributed by atoms with van der Waals surface area (Å²) in [5, 5.41) is 2.57. The summed E-state index contributed by atoms with van der Waals surface area (Å²) >= 11 is 11.7. The Kier molecular flexibility index (Phi) is 7.64.